The van der Waals surface area contributed by atoms with Gasteiger partial charge in [0, 0.05) is 18.8 Å². The van der Waals surface area contributed by atoms with E-state index < -0.39 is 0 Å². The minimum atomic E-state index is -0.220. The zero-order valence-corrected chi connectivity index (χ0v) is 11.0. The predicted octanol–water partition coefficient (Wildman–Crippen LogP) is 2.29. The van der Waals surface area contributed by atoms with Gasteiger partial charge < -0.3 is 15.4 Å². The number of anilines is 1. The maximum atomic E-state index is 13.6. The third kappa shape index (κ3) is 2.82. The number of hydrogen-bond acceptors (Lipinski definition) is 3. The number of nitrogens with two attached hydrogens (primary N) is 1. The molecule has 0 amide bonds. The fourth-order valence-corrected chi connectivity index (χ4v) is 2.42. The van der Waals surface area contributed by atoms with Crippen LogP contribution in [-0.4, -0.2) is 25.3 Å². The molecule has 2 unspecified atom stereocenters. The van der Waals surface area contributed by atoms with E-state index in [1.165, 1.54) is 6.07 Å². The number of rotatable bonds is 3. The summed E-state index contributed by atoms with van der Waals surface area (Å²) in [6, 6.07) is 5.37. The van der Waals surface area contributed by atoms with Gasteiger partial charge in [-0.25, -0.2) is 4.39 Å². The van der Waals surface area contributed by atoms with E-state index in [0.29, 0.717) is 19.2 Å². The molecule has 1 heterocycles. The first-order valence-corrected chi connectivity index (χ1v) is 6.51. The molecule has 1 saturated heterocycles. The van der Waals surface area contributed by atoms with Gasteiger partial charge in [-0.1, -0.05) is 6.92 Å². The van der Waals surface area contributed by atoms with Crippen LogP contribution in [0.25, 0.3) is 0 Å². The van der Waals surface area contributed by atoms with Crippen LogP contribution in [0.2, 0.25) is 0 Å². The zero-order valence-electron chi connectivity index (χ0n) is 11.0. The first kappa shape index (κ1) is 13.3. The van der Waals surface area contributed by atoms with Gasteiger partial charge in [0.25, 0.3) is 0 Å². The van der Waals surface area contributed by atoms with Crippen molar-refractivity contribution in [1.82, 2.24) is 0 Å². The fraction of sp³-hybridized carbons (Fsp3) is 0.571. The average Bonchev–Trinajstić information content (AvgIpc) is 2.38. The molecule has 0 aromatic heterocycles. The molecule has 0 spiro atoms. The Labute approximate surface area is 108 Å². The third-order valence-electron chi connectivity index (χ3n) is 3.45. The lowest BCUT2D eigenvalue weighted by Gasteiger charge is -2.40. The Morgan fingerprint density at radius 2 is 2.22 bits per heavy atom. The van der Waals surface area contributed by atoms with E-state index in [1.807, 2.05) is 13.0 Å². The average molecular weight is 252 g/mol. The maximum absolute atomic E-state index is 13.6. The van der Waals surface area contributed by atoms with Gasteiger partial charge in [0.05, 0.1) is 18.8 Å². The molecular formula is C14H21FN2O. The van der Waals surface area contributed by atoms with E-state index in [4.69, 9.17) is 10.5 Å². The lowest BCUT2D eigenvalue weighted by molar-refractivity contribution is 0.0299. The molecule has 2 atom stereocenters. The Morgan fingerprint density at radius 1 is 1.44 bits per heavy atom. The van der Waals surface area contributed by atoms with Crippen LogP contribution < -0.4 is 10.6 Å². The van der Waals surface area contributed by atoms with Crippen molar-refractivity contribution in [2.24, 2.45) is 5.73 Å². The molecule has 4 heteroatoms. The summed E-state index contributed by atoms with van der Waals surface area (Å²) < 4.78 is 19.2. The standard InChI is InChI=1S/C14H21FN2O/c1-3-13-9-18-10(2)8-17(13)14-5-11(7-16)4-12(15)6-14/h4-6,10,13H,3,7-9,16H2,1-2H3. The van der Waals surface area contributed by atoms with Gasteiger partial charge in [-0.15, -0.1) is 0 Å². The molecular weight excluding hydrogens is 231 g/mol. The highest BCUT2D eigenvalue weighted by molar-refractivity contribution is 5.50. The Hall–Kier alpha value is -1.13. The summed E-state index contributed by atoms with van der Waals surface area (Å²) in [5.74, 6) is -0.220. The lowest BCUT2D eigenvalue weighted by Crippen LogP contribution is -2.48. The molecule has 0 saturated carbocycles. The molecule has 1 aliphatic heterocycles. The second kappa shape index (κ2) is 5.67. The molecule has 3 nitrogen and oxygen atoms in total. The van der Waals surface area contributed by atoms with E-state index in [2.05, 4.69) is 11.8 Å². The Morgan fingerprint density at radius 3 is 2.89 bits per heavy atom. The molecule has 100 valence electrons. The van der Waals surface area contributed by atoms with Gasteiger partial charge in [0.15, 0.2) is 0 Å². The number of benzene rings is 1. The monoisotopic (exact) mass is 252 g/mol. The number of nitrogens with zero attached hydrogens (tertiary/aromatic N) is 1. The SMILES string of the molecule is CCC1COC(C)CN1c1cc(F)cc(CN)c1. The third-order valence-corrected chi connectivity index (χ3v) is 3.45. The van der Waals surface area contributed by atoms with Gasteiger partial charge in [-0.3, -0.25) is 0 Å². The van der Waals surface area contributed by atoms with Crippen molar-refractivity contribution in [2.75, 3.05) is 18.1 Å². The highest BCUT2D eigenvalue weighted by Gasteiger charge is 2.26. The summed E-state index contributed by atoms with van der Waals surface area (Å²) >= 11 is 0. The molecule has 0 aliphatic carbocycles. The van der Waals surface area contributed by atoms with Crippen LogP contribution in [0.4, 0.5) is 10.1 Å². The minimum Gasteiger partial charge on any atom is -0.375 e. The topological polar surface area (TPSA) is 38.5 Å². The zero-order chi connectivity index (χ0) is 13.1. The summed E-state index contributed by atoms with van der Waals surface area (Å²) in [6.07, 6.45) is 1.17. The predicted molar refractivity (Wildman–Crippen MR) is 71.1 cm³/mol. The maximum Gasteiger partial charge on any atom is 0.125 e. The molecule has 0 bridgehead atoms. The van der Waals surface area contributed by atoms with Crippen molar-refractivity contribution in [3.63, 3.8) is 0 Å². The van der Waals surface area contributed by atoms with Crippen LogP contribution in [0.15, 0.2) is 18.2 Å². The number of morpholine rings is 1. The molecule has 0 radical (unpaired) electrons. The quantitative estimate of drug-likeness (QED) is 0.897. The highest BCUT2D eigenvalue weighted by atomic mass is 19.1. The van der Waals surface area contributed by atoms with E-state index in [1.54, 1.807) is 6.07 Å². The van der Waals surface area contributed by atoms with Gasteiger partial charge in [0.1, 0.15) is 5.82 Å². The minimum absolute atomic E-state index is 0.178. The Bertz CT molecular complexity index is 411. The van der Waals surface area contributed by atoms with Crippen LogP contribution in [0.5, 0.6) is 0 Å². The molecule has 1 aliphatic rings. The summed E-state index contributed by atoms with van der Waals surface area (Å²) in [7, 11) is 0. The molecule has 18 heavy (non-hydrogen) atoms. The smallest absolute Gasteiger partial charge is 0.125 e. The van der Waals surface area contributed by atoms with Gasteiger partial charge in [-0.2, -0.15) is 0 Å². The molecule has 2 rings (SSSR count). The molecule has 1 aromatic rings. The van der Waals surface area contributed by atoms with E-state index in [0.717, 1.165) is 24.2 Å². The van der Waals surface area contributed by atoms with Gasteiger partial charge >= 0.3 is 0 Å². The van der Waals surface area contributed by atoms with Crippen molar-refractivity contribution >= 4 is 5.69 Å². The van der Waals surface area contributed by atoms with E-state index >= 15 is 0 Å². The number of ether oxygens (including phenoxy) is 1. The van der Waals surface area contributed by atoms with Crippen molar-refractivity contribution in [3.05, 3.63) is 29.6 Å². The molecule has 1 fully saturated rings. The second-order valence-corrected chi connectivity index (χ2v) is 4.88. The van der Waals surface area contributed by atoms with Gasteiger partial charge in [-0.05, 0) is 37.1 Å². The first-order chi connectivity index (χ1) is 8.63. The van der Waals surface area contributed by atoms with Crippen LogP contribution in [0.1, 0.15) is 25.8 Å². The van der Waals surface area contributed by atoms with Crippen LogP contribution >= 0.6 is 0 Å². The first-order valence-electron chi connectivity index (χ1n) is 6.51. The van der Waals surface area contributed by atoms with E-state index in [9.17, 15) is 4.39 Å². The fourth-order valence-electron chi connectivity index (χ4n) is 2.42. The molecule has 2 N–H and O–H groups in total. The highest BCUT2D eigenvalue weighted by Crippen LogP contribution is 2.25. The second-order valence-electron chi connectivity index (χ2n) is 4.88. The van der Waals surface area contributed by atoms with Crippen molar-refractivity contribution < 1.29 is 9.13 Å². The summed E-state index contributed by atoms with van der Waals surface area (Å²) in [4.78, 5) is 2.23. The Balaban J connectivity index is 2.29. The van der Waals surface area contributed by atoms with Gasteiger partial charge in [0.2, 0.25) is 0 Å². The van der Waals surface area contributed by atoms with Crippen LogP contribution in [0.3, 0.4) is 0 Å². The largest absolute Gasteiger partial charge is 0.375 e. The summed E-state index contributed by atoms with van der Waals surface area (Å²) in [5, 5.41) is 0. The van der Waals surface area contributed by atoms with Crippen molar-refractivity contribution in [2.45, 2.75) is 39.0 Å². The molecule has 1 aromatic carbocycles. The Kier molecular flexibility index (Phi) is 4.19. The van der Waals surface area contributed by atoms with E-state index in [-0.39, 0.29) is 11.9 Å². The van der Waals surface area contributed by atoms with Crippen molar-refractivity contribution in [3.8, 4) is 0 Å². The van der Waals surface area contributed by atoms with Crippen molar-refractivity contribution in [1.29, 1.82) is 0 Å². The number of halogens is 1. The lowest BCUT2D eigenvalue weighted by atomic mass is 10.1. The summed E-state index contributed by atoms with van der Waals surface area (Å²) in [5.41, 5.74) is 7.35. The normalized spacial score (nSPS) is 24.3. The summed E-state index contributed by atoms with van der Waals surface area (Å²) in [6.45, 7) is 6.03. The van der Waals surface area contributed by atoms with Crippen LogP contribution in [-0.2, 0) is 11.3 Å². The van der Waals surface area contributed by atoms with Crippen LogP contribution in [0, 0.1) is 5.82 Å². The number of hydrogen-bond donors (Lipinski definition) is 1.